The van der Waals surface area contributed by atoms with Crippen molar-refractivity contribution in [1.82, 2.24) is 5.32 Å². The molecule has 1 aromatic rings. The highest BCUT2D eigenvalue weighted by Crippen LogP contribution is 2.26. The number of rotatable bonds is 8. The lowest BCUT2D eigenvalue weighted by Gasteiger charge is -2.21. The maximum atomic E-state index is 5.73. The Morgan fingerprint density at radius 3 is 2.90 bits per heavy atom. The predicted octanol–water partition coefficient (Wildman–Crippen LogP) is 4.88. The Morgan fingerprint density at radius 2 is 2.24 bits per heavy atom. The van der Waals surface area contributed by atoms with Crippen molar-refractivity contribution in [1.29, 1.82) is 0 Å². The summed E-state index contributed by atoms with van der Waals surface area (Å²) < 4.78 is 6.91. The normalized spacial score (nSPS) is 20.1. The molecule has 2 unspecified atom stereocenters. The molecule has 0 spiro atoms. The minimum atomic E-state index is 0.520. The number of hydrogen-bond donors (Lipinski definition) is 1. The molecule has 1 heterocycles. The summed E-state index contributed by atoms with van der Waals surface area (Å²) in [5, 5.41) is 3.60. The van der Waals surface area contributed by atoms with Crippen LogP contribution in [-0.4, -0.2) is 25.3 Å². The van der Waals surface area contributed by atoms with Gasteiger partial charge in [-0.25, -0.2) is 0 Å². The number of benzene rings is 1. The fraction of sp³-hybridized carbons (Fsp3) is 0.667. The first kappa shape index (κ1) is 17.0. The largest absolute Gasteiger partial charge is 0.378 e. The molecule has 3 heteroatoms. The third kappa shape index (κ3) is 6.09. The van der Waals surface area contributed by atoms with Gasteiger partial charge >= 0.3 is 0 Å². The molecule has 1 aromatic carbocycles. The molecular weight excluding hydrogens is 326 g/mol. The van der Waals surface area contributed by atoms with Gasteiger partial charge in [0.25, 0.3) is 0 Å². The van der Waals surface area contributed by atoms with Crippen molar-refractivity contribution in [3.63, 3.8) is 0 Å². The van der Waals surface area contributed by atoms with Crippen molar-refractivity contribution in [2.45, 2.75) is 64.0 Å². The second-order valence-electron chi connectivity index (χ2n) is 6.38. The predicted molar refractivity (Wildman–Crippen MR) is 92.8 cm³/mol. The molecule has 0 amide bonds. The summed E-state index contributed by atoms with van der Waals surface area (Å²) in [6.07, 6.45) is 6.72. The summed E-state index contributed by atoms with van der Waals surface area (Å²) in [6, 6.07) is 9.30. The summed E-state index contributed by atoms with van der Waals surface area (Å²) in [6.45, 7) is 6.45. The Kier molecular flexibility index (Phi) is 7.21. The molecule has 2 atom stereocenters. The van der Waals surface area contributed by atoms with Gasteiger partial charge in [-0.2, -0.15) is 0 Å². The van der Waals surface area contributed by atoms with E-state index in [0.29, 0.717) is 18.1 Å². The van der Waals surface area contributed by atoms with Crippen molar-refractivity contribution in [3.8, 4) is 0 Å². The minimum Gasteiger partial charge on any atom is -0.378 e. The Bertz CT molecular complexity index is 415. The van der Waals surface area contributed by atoms with Crippen LogP contribution in [0.15, 0.2) is 28.7 Å². The minimum absolute atomic E-state index is 0.520. The molecule has 0 radical (unpaired) electrons. The molecule has 1 saturated heterocycles. The lowest BCUT2D eigenvalue weighted by molar-refractivity contribution is 0.101. The maximum absolute atomic E-state index is 5.73. The molecule has 21 heavy (non-hydrogen) atoms. The third-order valence-electron chi connectivity index (χ3n) is 4.20. The monoisotopic (exact) mass is 353 g/mol. The second-order valence-corrected chi connectivity index (χ2v) is 7.30. The van der Waals surface area contributed by atoms with Gasteiger partial charge in [0.15, 0.2) is 0 Å². The van der Waals surface area contributed by atoms with E-state index in [1.54, 1.807) is 0 Å². The molecular formula is C18H28BrNO. The van der Waals surface area contributed by atoms with Crippen molar-refractivity contribution in [3.05, 3.63) is 34.3 Å². The van der Waals surface area contributed by atoms with Crippen LogP contribution in [0.25, 0.3) is 0 Å². The van der Waals surface area contributed by atoms with Crippen LogP contribution < -0.4 is 5.32 Å². The van der Waals surface area contributed by atoms with Gasteiger partial charge in [0.05, 0.1) is 6.10 Å². The molecule has 2 rings (SSSR count). The molecule has 118 valence electrons. The van der Waals surface area contributed by atoms with Gasteiger partial charge in [-0.15, -0.1) is 0 Å². The highest BCUT2D eigenvalue weighted by atomic mass is 79.9. The zero-order valence-electron chi connectivity index (χ0n) is 13.3. The van der Waals surface area contributed by atoms with Crippen LogP contribution in [0.1, 0.15) is 57.4 Å². The van der Waals surface area contributed by atoms with E-state index in [4.69, 9.17) is 4.74 Å². The van der Waals surface area contributed by atoms with Gasteiger partial charge < -0.3 is 10.1 Å². The van der Waals surface area contributed by atoms with Gasteiger partial charge in [-0.1, -0.05) is 48.3 Å². The van der Waals surface area contributed by atoms with Gasteiger partial charge in [0, 0.05) is 23.7 Å². The lowest BCUT2D eigenvalue weighted by Crippen LogP contribution is -2.28. The smallest absolute Gasteiger partial charge is 0.0576 e. The lowest BCUT2D eigenvalue weighted by atomic mass is 9.92. The first-order valence-corrected chi connectivity index (χ1v) is 9.05. The number of nitrogens with one attached hydrogen (secondary N) is 1. The van der Waals surface area contributed by atoms with Gasteiger partial charge in [0.1, 0.15) is 0 Å². The fourth-order valence-corrected chi connectivity index (χ4v) is 3.41. The van der Waals surface area contributed by atoms with E-state index in [1.807, 2.05) is 0 Å². The van der Waals surface area contributed by atoms with E-state index >= 15 is 0 Å². The van der Waals surface area contributed by atoms with Crippen molar-refractivity contribution in [2.75, 3.05) is 13.2 Å². The molecule has 1 aliphatic heterocycles. The average molecular weight is 354 g/mol. The zero-order chi connectivity index (χ0) is 15.1. The Hall–Kier alpha value is -0.380. The van der Waals surface area contributed by atoms with Gasteiger partial charge in [0.2, 0.25) is 0 Å². The highest BCUT2D eigenvalue weighted by Gasteiger charge is 2.17. The van der Waals surface area contributed by atoms with Crippen LogP contribution in [-0.2, 0) is 4.74 Å². The number of halogens is 1. The van der Waals surface area contributed by atoms with Crippen LogP contribution in [0.5, 0.6) is 0 Å². The van der Waals surface area contributed by atoms with E-state index in [0.717, 1.165) is 13.2 Å². The van der Waals surface area contributed by atoms with E-state index in [2.05, 4.69) is 59.4 Å². The summed E-state index contributed by atoms with van der Waals surface area (Å²) in [5.74, 6) is 0.589. The molecule has 1 aliphatic rings. The number of ether oxygens (including phenoxy) is 1. The molecule has 1 fully saturated rings. The van der Waals surface area contributed by atoms with Crippen LogP contribution >= 0.6 is 15.9 Å². The first-order valence-electron chi connectivity index (χ1n) is 8.25. The fourth-order valence-electron chi connectivity index (χ4n) is 2.99. The molecule has 0 aliphatic carbocycles. The second kappa shape index (κ2) is 8.92. The highest BCUT2D eigenvalue weighted by molar-refractivity contribution is 9.10. The SMILES string of the molecule is CC(C)NCC(CCCC1CCCO1)c1cccc(Br)c1. The summed E-state index contributed by atoms with van der Waals surface area (Å²) >= 11 is 3.59. The van der Waals surface area contributed by atoms with E-state index < -0.39 is 0 Å². The van der Waals surface area contributed by atoms with Crippen molar-refractivity contribution in [2.24, 2.45) is 0 Å². The Balaban J connectivity index is 1.88. The van der Waals surface area contributed by atoms with Crippen molar-refractivity contribution >= 4 is 15.9 Å². The average Bonchev–Trinajstić information content (AvgIpc) is 2.95. The van der Waals surface area contributed by atoms with E-state index in [9.17, 15) is 0 Å². The Morgan fingerprint density at radius 1 is 1.38 bits per heavy atom. The Labute approximate surface area is 137 Å². The number of hydrogen-bond acceptors (Lipinski definition) is 2. The molecule has 2 nitrogen and oxygen atoms in total. The van der Waals surface area contributed by atoms with Gasteiger partial charge in [-0.05, 0) is 49.3 Å². The standard InChI is InChI=1S/C18H28BrNO/c1-14(2)20-13-16(15-6-3-8-17(19)12-15)7-4-9-18-10-5-11-21-18/h3,6,8,12,14,16,18,20H,4-5,7,9-11,13H2,1-2H3. The van der Waals surface area contributed by atoms with Crippen LogP contribution in [0, 0.1) is 0 Å². The molecule has 1 N–H and O–H groups in total. The van der Waals surface area contributed by atoms with E-state index in [1.165, 1.54) is 42.1 Å². The first-order chi connectivity index (χ1) is 10.1. The van der Waals surface area contributed by atoms with Crippen LogP contribution in [0.2, 0.25) is 0 Å². The summed E-state index contributed by atoms with van der Waals surface area (Å²) in [7, 11) is 0. The summed E-state index contributed by atoms with van der Waals surface area (Å²) in [5.41, 5.74) is 1.44. The van der Waals surface area contributed by atoms with Crippen LogP contribution in [0.4, 0.5) is 0 Å². The van der Waals surface area contributed by atoms with Crippen molar-refractivity contribution < 1.29 is 4.74 Å². The van der Waals surface area contributed by atoms with E-state index in [-0.39, 0.29) is 0 Å². The maximum Gasteiger partial charge on any atom is 0.0576 e. The van der Waals surface area contributed by atoms with Crippen LogP contribution in [0.3, 0.4) is 0 Å². The quantitative estimate of drug-likeness (QED) is 0.718. The summed E-state index contributed by atoms with van der Waals surface area (Å²) in [4.78, 5) is 0. The topological polar surface area (TPSA) is 21.3 Å². The third-order valence-corrected chi connectivity index (χ3v) is 4.69. The molecule has 0 saturated carbocycles. The molecule has 0 bridgehead atoms. The van der Waals surface area contributed by atoms with Gasteiger partial charge in [-0.3, -0.25) is 0 Å². The zero-order valence-corrected chi connectivity index (χ0v) is 14.9. The molecule has 0 aromatic heterocycles.